The van der Waals surface area contributed by atoms with Crippen molar-refractivity contribution in [3.8, 4) is 5.75 Å². The maximum atomic E-state index is 12.6. The molecule has 0 spiro atoms. The second kappa shape index (κ2) is 6.18. The van der Waals surface area contributed by atoms with E-state index in [-0.39, 0.29) is 5.25 Å². The van der Waals surface area contributed by atoms with E-state index in [4.69, 9.17) is 4.74 Å². The molecule has 0 amide bonds. The second-order valence-electron chi connectivity index (χ2n) is 6.24. The minimum atomic E-state index is -3.18. The first-order chi connectivity index (χ1) is 11.6. The summed E-state index contributed by atoms with van der Waals surface area (Å²) in [5.74, 6) is 0.676. The van der Waals surface area contributed by atoms with Crippen LogP contribution < -0.4 is 4.74 Å². The number of pyridine rings is 1. The first-order valence-corrected chi connectivity index (χ1v) is 9.69. The van der Waals surface area contributed by atoms with Gasteiger partial charge in [0.2, 0.25) is 10.0 Å². The standard InChI is InChI=1S/C16H20N4O3S/c21-24(22,14-4-5-14)20-8-2-7-19-12-18-15(16(19)10-20)11-23-13-3-1-6-17-9-13/h1,3,6,9,12,14H,2,4-5,7-8,10-11H2. The van der Waals surface area contributed by atoms with Gasteiger partial charge in [-0.3, -0.25) is 4.98 Å². The Labute approximate surface area is 141 Å². The highest BCUT2D eigenvalue weighted by Crippen LogP contribution is 2.33. The number of aryl methyl sites for hydroxylation is 1. The second-order valence-corrected chi connectivity index (χ2v) is 8.45. The Morgan fingerprint density at radius 2 is 2.17 bits per heavy atom. The Bertz CT molecular complexity index is 815. The number of aromatic nitrogens is 3. The minimum absolute atomic E-state index is 0.179. The molecule has 0 unspecified atom stereocenters. The average Bonchev–Trinajstić information content (AvgIpc) is 3.40. The van der Waals surface area contributed by atoms with Crippen molar-refractivity contribution >= 4 is 10.0 Å². The number of hydrogen-bond donors (Lipinski definition) is 0. The van der Waals surface area contributed by atoms with Crippen LogP contribution in [0.3, 0.4) is 0 Å². The summed E-state index contributed by atoms with van der Waals surface area (Å²) in [7, 11) is -3.18. The average molecular weight is 348 g/mol. The van der Waals surface area contributed by atoms with Crippen molar-refractivity contribution in [3.05, 3.63) is 42.2 Å². The topological polar surface area (TPSA) is 77.3 Å². The van der Waals surface area contributed by atoms with Gasteiger partial charge in [-0.05, 0) is 31.4 Å². The highest BCUT2D eigenvalue weighted by Gasteiger charge is 2.40. The highest BCUT2D eigenvalue weighted by atomic mass is 32.2. The summed E-state index contributed by atoms with van der Waals surface area (Å²) in [4.78, 5) is 8.45. The fourth-order valence-electron chi connectivity index (χ4n) is 2.99. The molecule has 2 aromatic rings. The van der Waals surface area contributed by atoms with Crippen molar-refractivity contribution in [1.29, 1.82) is 0 Å². The molecule has 0 bridgehead atoms. The number of nitrogens with zero attached hydrogens (tertiary/aromatic N) is 4. The van der Waals surface area contributed by atoms with Gasteiger partial charge in [0.15, 0.2) is 0 Å². The van der Waals surface area contributed by atoms with Crippen molar-refractivity contribution in [3.63, 3.8) is 0 Å². The fraction of sp³-hybridized carbons (Fsp3) is 0.500. The van der Waals surface area contributed by atoms with E-state index < -0.39 is 10.0 Å². The van der Waals surface area contributed by atoms with Gasteiger partial charge in [-0.25, -0.2) is 13.4 Å². The molecule has 4 rings (SSSR count). The van der Waals surface area contributed by atoms with Crippen LogP contribution in [0.15, 0.2) is 30.9 Å². The summed E-state index contributed by atoms with van der Waals surface area (Å²) in [5, 5.41) is -0.179. The monoisotopic (exact) mass is 348 g/mol. The van der Waals surface area contributed by atoms with E-state index in [1.165, 1.54) is 0 Å². The third kappa shape index (κ3) is 3.03. The summed E-state index contributed by atoms with van der Waals surface area (Å²) >= 11 is 0. The molecule has 128 valence electrons. The molecule has 2 aliphatic rings. The third-order valence-corrected chi connectivity index (χ3v) is 6.83. The van der Waals surface area contributed by atoms with Crippen LogP contribution in [-0.4, -0.2) is 39.1 Å². The maximum Gasteiger partial charge on any atom is 0.217 e. The predicted octanol–water partition coefficient (Wildman–Crippen LogP) is 1.55. The van der Waals surface area contributed by atoms with Crippen LogP contribution in [-0.2, 0) is 29.7 Å². The highest BCUT2D eigenvalue weighted by molar-refractivity contribution is 7.90. The summed E-state index contributed by atoms with van der Waals surface area (Å²) in [6, 6.07) is 3.65. The zero-order valence-corrected chi connectivity index (χ0v) is 14.2. The maximum absolute atomic E-state index is 12.6. The van der Waals surface area contributed by atoms with Crippen molar-refractivity contribution in [2.45, 2.75) is 44.2 Å². The molecular formula is C16H20N4O3S. The quantitative estimate of drug-likeness (QED) is 0.819. The van der Waals surface area contributed by atoms with Gasteiger partial charge in [-0.15, -0.1) is 0 Å². The zero-order valence-electron chi connectivity index (χ0n) is 13.3. The van der Waals surface area contributed by atoms with E-state index in [1.807, 2.05) is 16.7 Å². The first-order valence-electron chi connectivity index (χ1n) is 8.19. The lowest BCUT2D eigenvalue weighted by Gasteiger charge is -2.20. The normalized spacial score (nSPS) is 18.8. The molecule has 8 heteroatoms. The van der Waals surface area contributed by atoms with Gasteiger partial charge >= 0.3 is 0 Å². The van der Waals surface area contributed by atoms with Crippen LogP contribution in [0, 0.1) is 0 Å². The minimum Gasteiger partial charge on any atom is -0.486 e. The van der Waals surface area contributed by atoms with E-state index in [1.54, 1.807) is 23.0 Å². The predicted molar refractivity (Wildman–Crippen MR) is 87.8 cm³/mol. The van der Waals surface area contributed by atoms with E-state index in [2.05, 4.69) is 9.97 Å². The van der Waals surface area contributed by atoms with Gasteiger partial charge in [0.25, 0.3) is 0 Å². The number of ether oxygens (including phenoxy) is 1. The number of hydrogen-bond acceptors (Lipinski definition) is 5. The Morgan fingerprint density at radius 3 is 2.92 bits per heavy atom. The Morgan fingerprint density at radius 1 is 1.29 bits per heavy atom. The zero-order chi connectivity index (χ0) is 16.6. The molecule has 0 radical (unpaired) electrons. The lowest BCUT2D eigenvalue weighted by molar-refractivity contribution is 0.297. The molecule has 1 fully saturated rings. The molecule has 3 heterocycles. The largest absolute Gasteiger partial charge is 0.486 e. The lowest BCUT2D eigenvalue weighted by atomic mass is 10.3. The molecular weight excluding hydrogens is 328 g/mol. The number of fused-ring (bicyclic) bond motifs is 1. The van der Waals surface area contributed by atoms with Crippen LogP contribution in [0.25, 0.3) is 0 Å². The van der Waals surface area contributed by atoms with Crippen molar-refractivity contribution in [1.82, 2.24) is 18.8 Å². The molecule has 1 aliphatic carbocycles. The van der Waals surface area contributed by atoms with E-state index >= 15 is 0 Å². The fourth-order valence-corrected chi connectivity index (χ4v) is 4.83. The molecule has 24 heavy (non-hydrogen) atoms. The lowest BCUT2D eigenvalue weighted by Crippen LogP contribution is -2.33. The summed E-state index contributed by atoms with van der Waals surface area (Å²) in [6.45, 7) is 2.05. The van der Waals surface area contributed by atoms with Gasteiger partial charge in [-0.2, -0.15) is 4.31 Å². The smallest absolute Gasteiger partial charge is 0.217 e. The SMILES string of the molecule is O=S(=O)(C1CC1)N1CCCn2cnc(COc3cccnc3)c2C1. The van der Waals surface area contributed by atoms with Crippen molar-refractivity contribution < 1.29 is 13.2 Å². The van der Waals surface area contributed by atoms with E-state index in [9.17, 15) is 8.42 Å². The molecule has 7 nitrogen and oxygen atoms in total. The molecule has 1 saturated carbocycles. The van der Waals surface area contributed by atoms with Gasteiger partial charge in [0, 0.05) is 19.3 Å². The van der Waals surface area contributed by atoms with Crippen molar-refractivity contribution in [2.75, 3.05) is 6.54 Å². The summed E-state index contributed by atoms with van der Waals surface area (Å²) < 4.78 is 34.6. The third-order valence-electron chi connectivity index (χ3n) is 4.48. The van der Waals surface area contributed by atoms with Crippen LogP contribution in [0.4, 0.5) is 0 Å². The number of imidazole rings is 1. The summed E-state index contributed by atoms with van der Waals surface area (Å²) in [5.41, 5.74) is 1.72. The van der Waals surface area contributed by atoms with Gasteiger partial charge in [0.1, 0.15) is 18.1 Å². The van der Waals surface area contributed by atoms with Gasteiger partial charge in [-0.1, -0.05) is 0 Å². The summed E-state index contributed by atoms with van der Waals surface area (Å²) in [6.07, 6.45) is 7.50. The number of sulfonamides is 1. The Kier molecular flexibility index (Phi) is 4.01. The van der Waals surface area contributed by atoms with Crippen LogP contribution in [0.1, 0.15) is 30.7 Å². The Balaban J connectivity index is 1.53. The van der Waals surface area contributed by atoms with Gasteiger partial charge < -0.3 is 9.30 Å². The number of rotatable bonds is 5. The molecule has 0 saturated heterocycles. The molecule has 0 aromatic carbocycles. The van der Waals surface area contributed by atoms with E-state index in [0.717, 1.165) is 37.2 Å². The van der Waals surface area contributed by atoms with Gasteiger partial charge in [0.05, 0.1) is 30.0 Å². The molecule has 0 atom stereocenters. The first kappa shape index (κ1) is 15.6. The van der Waals surface area contributed by atoms with Crippen molar-refractivity contribution in [2.24, 2.45) is 0 Å². The molecule has 1 aliphatic heterocycles. The van der Waals surface area contributed by atoms with E-state index in [0.29, 0.717) is 25.4 Å². The van der Waals surface area contributed by atoms with Crippen LogP contribution in [0.2, 0.25) is 0 Å². The van der Waals surface area contributed by atoms with Crippen LogP contribution in [0.5, 0.6) is 5.75 Å². The molecule has 0 N–H and O–H groups in total. The Hall–Kier alpha value is -1.93. The van der Waals surface area contributed by atoms with Crippen LogP contribution >= 0.6 is 0 Å². The molecule has 2 aromatic heterocycles.